The Morgan fingerprint density at radius 1 is 1.03 bits per heavy atom. The Hall–Kier alpha value is -2.87. The number of anilines is 2. The summed E-state index contributed by atoms with van der Waals surface area (Å²) in [6.45, 7) is 2.34. The average Bonchev–Trinajstić information content (AvgIpc) is 3.18. The second-order valence-electron chi connectivity index (χ2n) is 7.56. The third-order valence-electron chi connectivity index (χ3n) is 5.67. The third kappa shape index (κ3) is 3.45. The van der Waals surface area contributed by atoms with Crippen molar-refractivity contribution in [1.29, 1.82) is 0 Å². The van der Waals surface area contributed by atoms with E-state index in [4.69, 9.17) is 4.74 Å². The lowest BCUT2D eigenvalue weighted by molar-refractivity contribution is -0.117. The van der Waals surface area contributed by atoms with Crippen molar-refractivity contribution in [3.05, 3.63) is 47.5 Å². The predicted octanol–water partition coefficient (Wildman–Crippen LogP) is 3.17. The highest BCUT2D eigenvalue weighted by atomic mass is 32.2. The maximum atomic E-state index is 13.7. The summed E-state index contributed by atoms with van der Waals surface area (Å²) in [5.74, 6) is 0.0889. The van der Waals surface area contributed by atoms with Crippen LogP contribution in [0.1, 0.15) is 42.1 Å². The largest absolute Gasteiger partial charge is 0.495 e. The van der Waals surface area contributed by atoms with E-state index in [1.165, 1.54) is 24.4 Å². The standard InChI is InChI=1S/C22H24N2O5S/c1-15(25)17-8-7-16-5-3-12-24(19(16)13-17)30(27,28)21-14-18(9-10-20(21)29-2)23-11-4-6-22(23)26/h7-10,13-14H,3-6,11-12H2,1-2H3. The minimum absolute atomic E-state index is 0.0158. The molecule has 0 N–H and O–H groups in total. The number of amides is 1. The Labute approximate surface area is 176 Å². The summed E-state index contributed by atoms with van der Waals surface area (Å²) in [4.78, 5) is 25.6. The number of aryl methyl sites for hydroxylation is 1. The van der Waals surface area contributed by atoms with Crippen LogP contribution in [0.4, 0.5) is 11.4 Å². The van der Waals surface area contributed by atoms with Crippen LogP contribution >= 0.6 is 0 Å². The van der Waals surface area contributed by atoms with E-state index in [0.29, 0.717) is 42.9 Å². The zero-order chi connectivity index (χ0) is 21.5. The van der Waals surface area contributed by atoms with Gasteiger partial charge in [-0.1, -0.05) is 12.1 Å². The number of ether oxygens (including phenoxy) is 1. The van der Waals surface area contributed by atoms with Gasteiger partial charge in [0.15, 0.2) is 5.78 Å². The van der Waals surface area contributed by atoms with Crippen molar-refractivity contribution < 1.29 is 22.7 Å². The van der Waals surface area contributed by atoms with Crippen LogP contribution in [-0.4, -0.2) is 40.3 Å². The van der Waals surface area contributed by atoms with E-state index in [-0.39, 0.29) is 22.3 Å². The van der Waals surface area contributed by atoms with Gasteiger partial charge in [-0.3, -0.25) is 13.9 Å². The van der Waals surface area contributed by atoms with Gasteiger partial charge in [0.2, 0.25) is 5.91 Å². The molecule has 0 spiro atoms. The molecule has 1 fully saturated rings. The van der Waals surface area contributed by atoms with E-state index >= 15 is 0 Å². The lowest BCUT2D eigenvalue weighted by atomic mass is 10.00. The van der Waals surface area contributed by atoms with Gasteiger partial charge in [0.25, 0.3) is 10.0 Å². The number of Topliss-reactive ketones (excluding diaryl/α,β-unsaturated/α-hetero) is 1. The summed E-state index contributed by atoms with van der Waals surface area (Å²) >= 11 is 0. The SMILES string of the molecule is COc1ccc(N2CCCC2=O)cc1S(=O)(=O)N1CCCc2ccc(C(C)=O)cc21. The first kappa shape index (κ1) is 20.4. The molecule has 1 amide bonds. The van der Waals surface area contributed by atoms with E-state index in [2.05, 4.69) is 0 Å². The van der Waals surface area contributed by atoms with Crippen molar-refractivity contribution in [2.75, 3.05) is 29.4 Å². The molecule has 158 valence electrons. The fourth-order valence-electron chi connectivity index (χ4n) is 4.08. The van der Waals surface area contributed by atoms with Gasteiger partial charge in [0.1, 0.15) is 10.6 Å². The molecule has 0 aromatic heterocycles. The lowest BCUT2D eigenvalue weighted by Gasteiger charge is -2.31. The Kier molecular flexibility index (Phi) is 5.27. The number of fused-ring (bicyclic) bond motifs is 1. The highest BCUT2D eigenvalue weighted by Crippen LogP contribution is 2.37. The van der Waals surface area contributed by atoms with Gasteiger partial charge in [0.05, 0.1) is 12.8 Å². The van der Waals surface area contributed by atoms with Crippen molar-refractivity contribution in [1.82, 2.24) is 0 Å². The lowest BCUT2D eigenvalue weighted by Crippen LogP contribution is -2.36. The molecule has 0 radical (unpaired) electrons. The molecule has 30 heavy (non-hydrogen) atoms. The molecule has 0 unspecified atom stereocenters. The summed E-state index contributed by atoms with van der Waals surface area (Å²) in [5.41, 5.74) is 2.43. The Balaban J connectivity index is 1.82. The Morgan fingerprint density at radius 2 is 1.80 bits per heavy atom. The van der Waals surface area contributed by atoms with Gasteiger partial charge in [-0.2, -0.15) is 0 Å². The van der Waals surface area contributed by atoms with Crippen LogP contribution in [0.2, 0.25) is 0 Å². The maximum Gasteiger partial charge on any atom is 0.268 e. The number of sulfonamides is 1. The fourth-order valence-corrected chi connectivity index (χ4v) is 5.80. The highest BCUT2D eigenvalue weighted by molar-refractivity contribution is 7.93. The third-order valence-corrected chi connectivity index (χ3v) is 7.50. The molecule has 2 aromatic rings. The molecule has 1 saturated heterocycles. The molecule has 0 saturated carbocycles. The van der Waals surface area contributed by atoms with Crippen molar-refractivity contribution in [2.45, 2.75) is 37.5 Å². The number of nitrogens with zero attached hydrogens (tertiary/aromatic N) is 2. The summed E-state index contributed by atoms with van der Waals surface area (Å²) in [7, 11) is -2.55. The van der Waals surface area contributed by atoms with Crippen molar-refractivity contribution >= 4 is 33.1 Å². The van der Waals surface area contributed by atoms with Gasteiger partial charge in [-0.25, -0.2) is 8.42 Å². The molecule has 2 aliphatic heterocycles. The van der Waals surface area contributed by atoms with Gasteiger partial charge >= 0.3 is 0 Å². The summed E-state index contributed by atoms with van der Waals surface area (Å²) in [6, 6.07) is 10.0. The molecule has 8 heteroatoms. The normalized spacial score (nSPS) is 16.5. The van der Waals surface area contributed by atoms with Gasteiger partial charge in [0, 0.05) is 30.8 Å². The molecular formula is C22H24N2O5S. The van der Waals surface area contributed by atoms with Crippen LogP contribution in [0, 0.1) is 0 Å². The number of ketones is 1. The first-order valence-corrected chi connectivity index (χ1v) is 11.4. The van der Waals surface area contributed by atoms with E-state index in [9.17, 15) is 18.0 Å². The van der Waals surface area contributed by atoms with Gasteiger partial charge in [-0.05, 0) is 56.0 Å². The second kappa shape index (κ2) is 7.75. The summed E-state index contributed by atoms with van der Waals surface area (Å²) in [6.07, 6.45) is 2.64. The first-order valence-electron chi connectivity index (χ1n) is 9.98. The van der Waals surface area contributed by atoms with Crippen LogP contribution < -0.4 is 13.9 Å². The zero-order valence-corrected chi connectivity index (χ0v) is 17.9. The molecular weight excluding hydrogens is 404 g/mol. The molecule has 0 bridgehead atoms. The van der Waals surface area contributed by atoms with Gasteiger partial charge < -0.3 is 9.64 Å². The van der Waals surface area contributed by atoms with E-state index in [1.807, 2.05) is 6.07 Å². The highest BCUT2D eigenvalue weighted by Gasteiger charge is 2.33. The summed E-state index contributed by atoms with van der Waals surface area (Å²) in [5, 5.41) is 0. The molecule has 2 heterocycles. The van der Waals surface area contributed by atoms with E-state index < -0.39 is 10.0 Å². The van der Waals surface area contributed by atoms with Crippen molar-refractivity contribution in [3.63, 3.8) is 0 Å². The second-order valence-corrected chi connectivity index (χ2v) is 9.40. The first-order chi connectivity index (χ1) is 14.3. The molecule has 7 nitrogen and oxygen atoms in total. The number of hydrogen-bond donors (Lipinski definition) is 0. The van der Waals surface area contributed by atoms with Crippen LogP contribution in [0.15, 0.2) is 41.3 Å². The van der Waals surface area contributed by atoms with Gasteiger partial charge in [-0.15, -0.1) is 0 Å². The number of hydrogen-bond acceptors (Lipinski definition) is 5. The molecule has 4 rings (SSSR count). The predicted molar refractivity (Wildman–Crippen MR) is 114 cm³/mol. The number of methoxy groups -OCH3 is 1. The molecule has 2 aromatic carbocycles. The monoisotopic (exact) mass is 428 g/mol. The van der Waals surface area contributed by atoms with Crippen molar-refractivity contribution in [2.24, 2.45) is 0 Å². The average molecular weight is 429 g/mol. The van der Waals surface area contributed by atoms with Crippen LogP contribution in [0.25, 0.3) is 0 Å². The zero-order valence-electron chi connectivity index (χ0n) is 17.1. The number of benzene rings is 2. The quantitative estimate of drug-likeness (QED) is 0.683. The number of rotatable bonds is 5. The molecule has 2 aliphatic rings. The van der Waals surface area contributed by atoms with E-state index in [1.54, 1.807) is 29.2 Å². The molecule has 0 aliphatic carbocycles. The Bertz CT molecular complexity index is 1130. The summed E-state index contributed by atoms with van der Waals surface area (Å²) < 4.78 is 34.1. The maximum absolute atomic E-state index is 13.7. The smallest absolute Gasteiger partial charge is 0.268 e. The van der Waals surface area contributed by atoms with Crippen LogP contribution in [0.5, 0.6) is 5.75 Å². The minimum Gasteiger partial charge on any atom is -0.495 e. The fraction of sp³-hybridized carbons (Fsp3) is 0.364. The van der Waals surface area contributed by atoms with E-state index in [0.717, 1.165) is 18.4 Å². The molecule has 0 atom stereocenters. The Morgan fingerprint density at radius 3 is 2.47 bits per heavy atom. The minimum atomic E-state index is -3.97. The number of carbonyl (C=O) groups excluding carboxylic acids is 2. The van der Waals surface area contributed by atoms with Crippen LogP contribution in [-0.2, 0) is 21.2 Å². The number of carbonyl (C=O) groups is 2. The van der Waals surface area contributed by atoms with Crippen molar-refractivity contribution in [3.8, 4) is 5.75 Å². The van der Waals surface area contributed by atoms with Crippen LogP contribution in [0.3, 0.4) is 0 Å². The topological polar surface area (TPSA) is 84.0 Å².